The van der Waals surface area contributed by atoms with Crippen molar-refractivity contribution in [3.05, 3.63) is 34.9 Å². The van der Waals surface area contributed by atoms with Gasteiger partial charge in [0.2, 0.25) is 5.95 Å². The number of rotatable bonds is 2. The molecule has 1 heterocycles. The molecule has 0 saturated carbocycles. The van der Waals surface area contributed by atoms with E-state index in [2.05, 4.69) is 9.97 Å². The second kappa shape index (κ2) is 4.59. The van der Waals surface area contributed by atoms with Crippen LogP contribution in [0.2, 0.25) is 5.02 Å². The van der Waals surface area contributed by atoms with Gasteiger partial charge in [-0.1, -0.05) is 30.7 Å². The van der Waals surface area contributed by atoms with Crippen LogP contribution in [0, 0.1) is 0 Å². The van der Waals surface area contributed by atoms with E-state index in [4.69, 9.17) is 23.1 Å². The van der Waals surface area contributed by atoms with Crippen molar-refractivity contribution < 1.29 is 0 Å². The van der Waals surface area contributed by atoms with Crippen molar-refractivity contribution in [1.82, 2.24) is 9.97 Å². The van der Waals surface area contributed by atoms with Crippen molar-refractivity contribution in [3.63, 3.8) is 0 Å². The Morgan fingerprint density at radius 2 is 1.76 bits per heavy atom. The second-order valence-corrected chi connectivity index (χ2v) is 4.09. The molecule has 88 valence electrons. The first-order chi connectivity index (χ1) is 8.11. The van der Waals surface area contributed by atoms with Gasteiger partial charge in [0.15, 0.2) is 0 Å². The molecule has 0 bridgehead atoms. The molecule has 0 unspecified atom stereocenters. The van der Waals surface area contributed by atoms with E-state index in [0.29, 0.717) is 10.8 Å². The van der Waals surface area contributed by atoms with Crippen molar-refractivity contribution in [2.75, 3.05) is 11.5 Å². The summed E-state index contributed by atoms with van der Waals surface area (Å²) in [5.41, 5.74) is 14.1. The van der Waals surface area contributed by atoms with Gasteiger partial charge in [0, 0.05) is 16.1 Å². The van der Waals surface area contributed by atoms with Crippen LogP contribution in [0.25, 0.3) is 11.3 Å². The SMILES string of the molecule is CCc1c(N)nc(N)nc1-c1ccc(Cl)cc1. The molecule has 4 N–H and O–H groups in total. The molecule has 2 aromatic rings. The van der Waals surface area contributed by atoms with Gasteiger partial charge in [-0.25, -0.2) is 4.98 Å². The summed E-state index contributed by atoms with van der Waals surface area (Å²) in [4.78, 5) is 8.21. The van der Waals surface area contributed by atoms with E-state index in [9.17, 15) is 0 Å². The minimum absolute atomic E-state index is 0.185. The number of anilines is 2. The molecule has 0 aliphatic carbocycles. The lowest BCUT2D eigenvalue weighted by Crippen LogP contribution is -2.06. The van der Waals surface area contributed by atoms with Crippen LogP contribution in [-0.4, -0.2) is 9.97 Å². The Hall–Kier alpha value is -1.81. The molecule has 0 saturated heterocycles. The molecule has 0 fully saturated rings. The molecule has 0 radical (unpaired) electrons. The van der Waals surface area contributed by atoms with E-state index >= 15 is 0 Å². The van der Waals surface area contributed by atoms with Crippen molar-refractivity contribution in [3.8, 4) is 11.3 Å². The predicted octanol–water partition coefficient (Wildman–Crippen LogP) is 2.52. The smallest absolute Gasteiger partial charge is 0.222 e. The molecular formula is C12H13ClN4. The molecular weight excluding hydrogens is 236 g/mol. The highest BCUT2D eigenvalue weighted by Crippen LogP contribution is 2.27. The van der Waals surface area contributed by atoms with Gasteiger partial charge >= 0.3 is 0 Å². The monoisotopic (exact) mass is 248 g/mol. The van der Waals surface area contributed by atoms with Crippen LogP contribution in [0.5, 0.6) is 0 Å². The van der Waals surface area contributed by atoms with Crippen LogP contribution in [0.15, 0.2) is 24.3 Å². The van der Waals surface area contributed by atoms with Gasteiger partial charge in [0.1, 0.15) is 5.82 Å². The van der Waals surface area contributed by atoms with E-state index in [-0.39, 0.29) is 5.95 Å². The van der Waals surface area contributed by atoms with E-state index in [1.165, 1.54) is 0 Å². The molecule has 0 aliphatic heterocycles. The van der Waals surface area contributed by atoms with E-state index in [1.54, 1.807) is 0 Å². The molecule has 5 heteroatoms. The minimum Gasteiger partial charge on any atom is -0.383 e. The third-order valence-corrected chi connectivity index (χ3v) is 2.78. The van der Waals surface area contributed by atoms with Crippen LogP contribution >= 0.6 is 11.6 Å². The maximum absolute atomic E-state index is 5.85. The fourth-order valence-electron chi connectivity index (χ4n) is 1.71. The fraction of sp³-hybridized carbons (Fsp3) is 0.167. The molecule has 0 atom stereocenters. The second-order valence-electron chi connectivity index (χ2n) is 3.65. The normalized spacial score (nSPS) is 10.5. The zero-order chi connectivity index (χ0) is 12.4. The summed E-state index contributed by atoms with van der Waals surface area (Å²) in [6.45, 7) is 2.00. The Morgan fingerprint density at radius 1 is 1.12 bits per heavy atom. The predicted molar refractivity (Wildman–Crippen MR) is 70.7 cm³/mol. The first-order valence-electron chi connectivity index (χ1n) is 5.29. The quantitative estimate of drug-likeness (QED) is 0.856. The number of halogens is 1. The molecule has 17 heavy (non-hydrogen) atoms. The zero-order valence-electron chi connectivity index (χ0n) is 9.44. The van der Waals surface area contributed by atoms with Gasteiger partial charge in [-0.2, -0.15) is 4.98 Å². The molecule has 0 amide bonds. The van der Waals surface area contributed by atoms with Crippen LogP contribution < -0.4 is 11.5 Å². The lowest BCUT2D eigenvalue weighted by atomic mass is 10.0. The number of nitrogen functional groups attached to an aromatic ring is 2. The largest absolute Gasteiger partial charge is 0.383 e. The van der Waals surface area contributed by atoms with Crippen LogP contribution in [0.1, 0.15) is 12.5 Å². The molecule has 2 rings (SSSR count). The standard InChI is InChI=1S/C12H13ClN4/c1-2-9-10(16-12(15)17-11(9)14)7-3-5-8(13)6-4-7/h3-6H,2H2,1H3,(H4,14,15,16,17). The van der Waals surface area contributed by atoms with Gasteiger partial charge in [0.25, 0.3) is 0 Å². The third-order valence-electron chi connectivity index (χ3n) is 2.53. The lowest BCUT2D eigenvalue weighted by molar-refractivity contribution is 1.07. The summed E-state index contributed by atoms with van der Waals surface area (Å²) in [7, 11) is 0. The highest BCUT2D eigenvalue weighted by atomic mass is 35.5. The summed E-state index contributed by atoms with van der Waals surface area (Å²) in [6.07, 6.45) is 0.754. The van der Waals surface area contributed by atoms with Gasteiger partial charge < -0.3 is 11.5 Å². The molecule has 1 aromatic carbocycles. The summed E-state index contributed by atoms with van der Waals surface area (Å²) in [5, 5.41) is 0.682. The van der Waals surface area contributed by atoms with Crippen molar-refractivity contribution in [2.45, 2.75) is 13.3 Å². The topological polar surface area (TPSA) is 77.8 Å². The fourth-order valence-corrected chi connectivity index (χ4v) is 1.84. The first kappa shape index (κ1) is 11.7. The highest BCUT2D eigenvalue weighted by molar-refractivity contribution is 6.30. The maximum Gasteiger partial charge on any atom is 0.222 e. The Balaban J connectivity index is 2.61. The Kier molecular flexibility index (Phi) is 3.15. The number of nitrogens with two attached hydrogens (primary N) is 2. The van der Waals surface area contributed by atoms with Crippen molar-refractivity contribution in [2.24, 2.45) is 0 Å². The van der Waals surface area contributed by atoms with Gasteiger partial charge in [-0.05, 0) is 18.6 Å². The van der Waals surface area contributed by atoms with Crippen molar-refractivity contribution in [1.29, 1.82) is 0 Å². The van der Waals surface area contributed by atoms with Crippen LogP contribution in [-0.2, 0) is 6.42 Å². The van der Waals surface area contributed by atoms with Crippen LogP contribution in [0.3, 0.4) is 0 Å². The third kappa shape index (κ3) is 2.31. The Morgan fingerprint density at radius 3 is 2.35 bits per heavy atom. The number of nitrogens with zero attached hydrogens (tertiary/aromatic N) is 2. The maximum atomic E-state index is 5.85. The molecule has 0 aliphatic rings. The molecule has 0 spiro atoms. The average Bonchev–Trinajstić information content (AvgIpc) is 2.29. The number of benzene rings is 1. The van der Waals surface area contributed by atoms with Crippen molar-refractivity contribution >= 4 is 23.4 Å². The summed E-state index contributed by atoms with van der Waals surface area (Å²) >= 11 is 5.85. The van der Waals surface area contributed by atoms with E-state index < -0.39 is 0 Å². The highest BCUT2D eigenvalue weighted by Gasteiger charge is 2.11. The molecule has 1 aromatic heterocycles. The average molecular weight is 249 g/mol. The van der Waals surface area contributed by atoms with E-state index in [1.807, 2.05) is 31.2 Å². The number of hydrogen-bond donors (Lipinski definition) is 2. The summed E-state index contributed by atoms with van der Waals surface area (Å²) < 4.78 is 0. The first-order valence-corrected chi connectivity index (χ1v) is 5.67. The summed E-state index contributed by atoms with van der Waals surface area (Å²) in [5.74, 6) is 0.620. The van der Waals surface area contributed by atoms with Gasteiger partial charge in [0.05, 0.1) is 5.69 Å². The van der Waals surface area contributed by atoms with Gasteiger partial charge in [-0.3, -0.25) is 0 Å². The number of hydrogen-bond acceptors (Lipinski definition) is 4. The number of aromatic nitrogens is 2. The summed E-state index contributed by atoms with van der Waals surface area (Å²) in [6, 6.07) is 7.40. The van der Waals surface area contributed by atoms with Gasteiger partial charge in [-0.15, -0.1) is 0 Å². The van der Waals surface area contributed by atoms with Crippen LogP contribution in [0.4, 0.5) is 11.8 Å². The Labute approximate surface area is 105 Å². The minimum atomic E-state index is 0.185. The zero-order valence-corrected chi connectivity index (χ0v) is 10.2. The van der Waals surface area contributed by atoms with E-state index in [0.717, 1.165) is 23.2 Å². The molecule has 4 nitrogen and oxygen atoms in total. The lowest BCUT2D eigenvalue weighted by Gasteiger charge is -2.10. The Bertz CT molecular complexity index is 537.